The molecule has 6 nitrogen and oxygen atoms in total. The van der Waals surface area contributed by atoms with Gasteiger partial charge < -0.3 is 14.6 Å². The number of hydrogen-bond acceptors (Lipinski definition) is 4. The van der Waals surface area contributed by atoms with Crippen molar-refractivity contribution in [3.05, 3.63) is 59.1 Å². The number of nitrogens with zero attached hydrogens (tertiary/aromatic N) is 2. The van der Waals surface area contributed by atoms with E-state index in [0.717, 1.165) is 21.5 Å². The average molecular weight is 486 g/mol. The number of aryl methyl sites for hydroxylation is 1. The van der Waals surface area contributed by atoms with Crippen LogP contribution in [-0.4, -0.2) is 41.4 Å². The summed E-state index contributed by atoms with van der Waals surface area (Å²) in [6.07, 6.45) is 0.840. The summed E-state index contributed by atoms with van der Waals surface area (Å²) in [6.45, 7) is 5.00. The Morgan fingerprint density at radius 2 is 2.03 bits per heavy atom. The summed E-state index contributed by atoms with van der Waals surface area (Å²) in [5.74, 6) is -0.116. The number of anilines is 1. The second kappa shape index (κ2) is 10.2. The van der Waals surface area contributed by atoms with Crippen molar-refractivity contribution < 1.29 is 14.3 Å². The summed E-state index contributed by atoms with van der Waals surface area (Å²) in [5.41, 5.74) is 2.48. The Morgan fingerprint density at radius 1 is 1.24 bits per heavy atom. The third kappa shape index (κ3) is 4.90. The zero-order chi connectivity index (χ0) is 23.5. The molecule has 0 fully saturated rings. The van der Waals surface area contributed by atoms with Crippen molar-refractivity contribution in [2.24, 2.45) is 7.05 Å². The maximum absolute atomic E-state index is 13.7. The summed E-state index contributed by atoms with van der Waals surface area (Å²) in [7, 11) is 1.98. The number of thioether (sulfide) groups is 1. The third-order valence-corrected chi connectivity index (χ3v) is 7.02. The number of carbonyl (C=O) groups excluding carboxylic acids is 2. The first kappa shape index (κ1) is 23.7. The predicted octanol–water partition coefficient (Wildman–Crippen LogP) is 4.94. The number of hydrogen-bond donors (Lipinski definition) is 1. The molecule has 174 valence electrons. The quantitative estimate of drug-likeness (QED) is 0.481. The van der Waals surface area contributed by atoms with Gasteiger partial charge in [0.25, 0.3) is 0 Å². The van der Waals surface area contributed by atoms with E-state index in [0.29, 0.717) is 30.3 Å². The van der Waals surface area contributed by atoms with Crippen LogP contribution in [0.15, 0.2) is 53.6 Å². The van der Waals surface area contributed by atoms with Crippen LogP contribution >= 0.6 is 23.4 Å². The number of para-hydroxylation sites is 1. The minimum atomic E-state index is -0.807. The highest BCUT2D eigenvalue weighted by molar-refractivity contribution is 8.00. The maximum Gasteiger partial charge on any atom is 0.247 e. The SMILES string of the molecule is CC(C)OCCCNC(=O)[C@@H]1c2c(n(C)c3ccccc23)SCC(=O)N1c1cccc(Cl)c1. The molecule has 1 atom stereocenters. The molecule has 1 aliphatic heterocycles. The first-order valence-corrected chi connectivity index (χ1v) is 12.4. The van der Waals surface area contributed by atoms with Crippen molar-refractivity contribution in [2.75, 3.05) is 23.8 Å². The van der Waals surface area contributed by atoms with E-state index in [2.05, 4.69) is 9.88 Å². The van der Waals surface area contributed by atoms with E-state index in [1.165, 1.54) is 11.8 Å². The van der Waals surface area contributed by atoms with E-state index in [1.54, 1.807) is 23.1 Å². The van der Waals surface area contributed by atoms with Crippen molar-refractivity contribution in [3.8, 4) is 0 Å². The largest absolute Gasteiger partial charge is 0.379 e. The van der Waals surface area contributed by atoms with Gasteiger partial charge >= 0.3 is 0 Å². The maximum atomic E-state index is 13.7. The number of fused-ring (bicyclic) bond motifs is 3. The molecular weight excluding hydrogens is 458 g/mol. The molecule has 1 N–H and O–H groups in total. The molecule has 2 aromatic carbocycles. The Labute approximate surface area is 203 Å². The molecule has 0 aliphatic carbocycles. The van der Waals surface area contributed by atoms with Crippen LogP contribution in [-0.2, 0) is 21.4 Å². The van der Waals surface area contributed by atoms with Gasteiger partial charge in [-0.1, -0.05) is 47.6 Å². The number of rotatable bonds is 7. The minimum Gasteiger partial charge on any atom is -0.379 e. The van der Waals surface area contributed by atoms with Crippen LogP contribution in [0, 0.1) is 0 Å². The van der Waals surface area contributed by atoms with Gasteiger partial charge in [-0.15, -0.1) is 0 Å². The van der Waals surface area contributed by atoms with Gasteiger partial charge in [0.15, 0.2) is 0 Å². The average Bonchev–Trinajstić information content (AvgIpc) is 2.96. The third-order valence-electron chi connectivity index (χ3n) is 5.63. The second-order valence-electron chi connectivity index (χ2n) is 8.29. The molecule has 4 rings (SSSR count). The lowest BCUT2D eigenvalue weighted by Crippen LogP contribution is -2.44. The van der Waals surface area contributed by atoms with Gasteiger partial charge in [0.1, 0.15) is 6.04 Å². The van der Waals surface area contributed by atoms with E-state index in [9.17, 15) is 9.59 Å². The minimum absolute atomic E-state index is 0.133. The summed E-state index contributed by atoms with van der Waals surface area (Å²) in [4.78, 5) is 28.6. The molecule has 2 heterocycles. The Kier molecular flexibility index (Phi) is 7.32. The fourth-order valence-corrected chi connectivity index (χ4v) is 5.43. The number of benzene rings is 2. The predicted molar refractivity (Wildman–Crippen MR) is 134 cm³/mol. The van der Waals surface area contributed by atoms with Crippen LogP contribution in [0.25, 0.3) is 10.9 Å². The summed E-state index contributed by atoms with van der Waals surface area (Å²) >= 11 is 7.73. The highest BCUT2D eigenvalue weighted by Crippen LogP contribution is 2.43. The van der Waals surface area contributed by atoms with Crippen LogP contribution in [0.1, 0.15) is 31.9 Å². The molecule has 0 spiro atoms. The van der Waals surface area contributed by atoms with E-state index in [1.807, 2.05) is 51.2 Å². The number of aromatic nitrogens is 1. The van der Waals surface area contributed by atoms with Gasteiger partial charge in [0.05, 0.1) is 16.9 Å². The molecule has 2 amide bonds. The van der Waals surface area contributed by atoms with Gasteiger partial charge in [-0.2, -0.15) is 0 Å². The molecule has 8 heteroatoms. The molecule has 3 aromatic rings. The molecule has 1 aliphatic rings. The molecule has 0 bridgehead atoms. The zero-order valence-corrected chi connectivity index (χ0v) is 20.6. The second-order valence-corrected chi connectivity index (χ2v) is 9.69. The Hall–Kier alpha value is -2.48. The summed E-state index contributed by atoms with van der Waals surface area (Å²) < 4.78 is 7.66. The highest BCUT2D eigenvalue weighted by Gasteiger charge is 2.39. The Bertz CT molecular complexity index is 1180. The lowest BCUT2D eigenvalue weighted by molar-refractivity contribution is -0.125. The van der Waals surface area contributed by atoms with E-state index >= 15 is 0 Å². The number of carbonyl (C=O) groups is 2. The number of amides is 2. The van der Waals surface area contributed by atoms with Crippen molar-refractivity contribution in [1.82, 2.24) is 9.88 Å². The van der Waals surface area contributed by atoms with Crippen LogP contribution in [0.3, 0.4) is 0 Å². The standard InChI is InChI=1S/C25H28ClN3O3S/c1-16(2)32-13-7-12-27-24(31)23-22-19-10-4-5-11-20(19)28(3)25(22)33-15-21(30)29(23)18-9-6-8-17(26)14-18/h4-6,8-11,14,16,23H,7,12-13,15H2,1-3H3,(H,27,31)/t23-/m0/s1. The van der Waals surface area contributed by atoms with Gasteiger partial charge in [0.2, 0.25) is 11.8 Å². The van der Waals surface area contributed by atoms with Crippen LogP contribution < -0.4 is 10.2 Å². The molecule has 0 saturated carbocycles. The molecule has 0 radical (unpaired) electrons. The molecular formula is C25H28ClN3O3S. The number of halogens is 1. The van der Waals surface area contributed by atoms with E-state index in [-0.39, 0.29) is 23.7 Å². The smallest absolute Gasteiger partial charge is 0.247 e. The normalized spacial score (nSPS) is 16.2. The fraction of sp³-hybridized carbons (Fsp3) is 0.360. The zero-order valence-electron chi connectivity index (χ0n) is 19.0. The number of nitrogens with one attached hydrogen (secondary N) is 1. The van der Waals surface area contributed by atoms with Gasteiger partial charge in [-0.05, 0) is 44.5 Å². The summed E-state index contributed by atoms with van der Waals surface area (Å²) in [5, 5.41) is 5.45. The van der Waals surface area contributed by atoms with Crippen molar-refractivity contribution in [2.45, 2.75) is 37.4 Å². The lowest BCUT2D eigenvalue weighted by Gasteiger charge is -2.30. The molecule has 0 unspecified atom stereocenters. The lowest BCUT2D eigenvalue weighted by atomic mass is 10.0. The molecule has 0 saturated heterocycles. The molecule has 1 aromatic heterocycles. The fourth-order valence-electron chi connectivity index (χ4n) is 4.18. The first-order chi connectivity index (χ1) is 15.9. The summed E-state index contributed by atoms with van der Waals surface area (Å²) in [6, 6.07) is 14.3. The van der Waals surface area contributed by atoms with Crippen LogP contribution in [0.5, 0.6) is 0 Å². The van der Waals surface area contributed by atoms with Crippen molar-refractivity contribution in [3.63, 3.8) is 0 Å². The van der Waals surface area contributed by atoms with Crippen molar-refractivity contribution in [1.29, 1.82) is 0 Å². The van der Waals surface area contributed by atoms with E-state index < -0.39 is 6.04 Å². The first-order valence-electron chi connectivity index (χ1n) is 11.1. The van der Waals surface area contributed by atoms with Crippen molar-refractivity contribution >= 4 is 51.8 Å². The Balaban J connectivity index is 1.77. The van der Waals surface area contributed by atoms with Crippen LogP contribution in [0.4, 0.5) is 5.69 Å². The topological polar surface area (TPSA) is 63.6 Å². The Morgan fingerprint density at radius 3 is 2.79 bits per heavy atom. The van der Waals surface area contributed by atoms with E-state index in [4.69, 9.17) is 16.3 Å². The van der Waals surface area contributed by atoms with Gasteiger partial charge in [0, 0.05) is 47.4 Å². The number of ether oxygens (including phenoxy) is 1. The molecule has 33 heavy (non-hydrogen) atoms. The highest BCUT2D eigenvalue weighted by atomic mass is 35.5. The monoisotopic (exact) mass is 485 g/mol. The van der Waals surface area contributed by atoms with Crippen LogP contribution in [0.2, 0.25) is 5.02 Å². The van der Waals surface area contributed by atoms with Gasteiger partial charge in [-0.25, -0.2) is 0 Å². The van der Waals surface area contributed by atoms with Gasteiger partial charge in [-0.3, -0.25) is 14.5 Å².